The highest BCUT2D eigenvalue weighted by Crippen LogP contribution is 2.02. The molecule has 0 fully saturated rings. The average Bonchev–Trinajstić information content (AvgIpc) is 2.32. The van der Waals surface area contributed by atoms with Crippen LogP contribution < -0.4 is 10.9 Å². The van der Waals surface area contributed by atoms with Crippen LogP contribution in [0.2, 0.25) is 0 Å². The molecular weight excluding hydrogens is 304 g/mol. The van der Waals surface area contributed by atoms with Gasteiger partial charge in [-0.15, -0.1) is 0 Å². The molecule has 1 heterocycles. The minimum atomic E-state index is -0.889. The molecule has 0 bridgehead atoms. The highest BCUT2D eigenvalue weighted by Gasteiger charge is 2.21. The minimum absolute atomic E-state index is 0.0184. The normalized spacial score (nSPS) is 11.7. The van der Waals surface area contributed by atoms with Crippen molar-refractivity contribution in [2.45, 2.75) is 19.5 Å². The first-order valence-corrected chi connectivity index (χ1v) is 5.95. The third-order valence-corrected chi connectivity index (χ3v) is 2.82. The second kappa shape index (κ2) is 6.34. The summed E-state index contributed by atoms with van der Waals surface area (Å²) < 4.78 is 6.28. The van der Waals surface area contributed by atoms with Crippen LogP contribution in [0.5, 0.6) is 0 Å². The van der Waals surface area contributed by atoms with Gasteiger partial charge in [0.05, 0.1) is 18.1 Å². The van der Waals surface area contributed by atoms with E-state index in [9.17, 15) is 14.4 Å². The summed E-state index contributed by atoms with van der Waals surface area (Å²) in [7, 11) is 1.22. The number of carbonyl (C=O) groups excluding carboxylic acids is 2. The lowest BCUT2D eigenvalue weighted by Crippen LogP contribution is -2.45. The average molecular weight is 317 g/mol. The predicted molar refractivity (Wildman–Crippen MR) is 68.0 cm³/mol. The van der Waals surface area contributed by atoms with Crippen LogP contribution in [0.15, 0.2) is 27.6 Å². The number of nitrogens with one attached hydrogen (secondary N) is 1. The van der Waals surface area contributed by atoms with Crippen LogP contribution in [0.25, 0.3) is 0 Å². The van der Waals surface area contributed by atoms with Crippen molar-refractivity contribution in [3.8, 4) is 0 Å². The van der Waals surface area contributed by atoms with Gasteiger partial charge in [-0.3, -0.25) is 9.59 Å². The van der Waals surface area contributed by atoms with Gasteiger partial charge < -0.3 is 14.6 Å². The number of amides is 1. The quantitative estimate of drug-likeness (QED) is 0.810. The first kappa shape index (κ1) is 14.4. The number of aromatic nitrogens is 1. The Bertz CT molecular complexity index is 512. The van der Waals surface area contributed by atoms with Crippen LogP contribution in [0.4, 0.5) is 0 Å². The van der Waals surface area contributed by atoms with E-state index in [-0.39, 0.29) is 18.0 Å². The van der Waals surface area contributed by atoms with Gasteiger partial charge in [-0.2, -0.15) is 0 Å². The molecule has 1 rings (SSSR count). The molecule has 1 unspecified atom stereocenters. The van der Waals surface area contributed by atoms with Crippen LogP contribution in [-0.2, 0) is 20.9 Å². The molecule has 0 spiro atoms. The van der Waals surface area contributed by atoms with E-state index in [2.05, 4.69) is 26.0 Å². The van der Waals surface area contributed by atoms with E-state index in [1.807, 2.05) is 0 Å². The molecular formula is C11H13BrN2O4. The number of methoxy groups -OCH3 is 1. The van der Waals surface area contributed by atoms with Crippen molar-refractivity contribution in [3.63, 3.8) is 0 Å². The second-order valence-electron chi connectivity index (χ2n) is 3.59. The summed E-state index contributed by atoms with van der Waals surface area (Å²) in [6, 6.07) is 2.37. The van der Waals surface area contributed by atoms with Crippen molar-refractivity contribution in [1.82, 2.24) is 9.88 Å². The summed E-state index contributed by atoms with van der Waals surface area (Å²) in [4.78, 5) is 34.2. The van der Waals surface area contributed by atoms with E-state index >= 15 is 0 Å². The molecule has 1 aromatic heterocycles. The number of pyridine rings is 1. The van der Waals surface area contributed by atoms with Gasteiger partial charge in [-0.05, 0) is 28.1 Å². The molecule has 0 radical (unpaired) electrons. The van der Waals surface area contributed by atoms with E-state index in [1.54, 1.807) is 12.1 Å². The standard InChI is InChI=1S/C11H13BrN2O4/c1-7(15)13-9(11(17)18-2)6-14-5-3-4-8(12)10(14)16/h3-5,9H,6H2,1-2H3,(H,13,15). The molecule has 1 aromatic rings. The number of ether oxygens (including phenoxy) is 1. The Morgan fingerprint density at radius 2 is 2.22 bits per heavy atom. The molecule has 6 nitrogen and oxygen atoms in total. The van der Waals surface area contributed by atoms with E-state index < -0.39 is 12.0 Å². The fourth-order valence-electron chi connectivity index (χ4n) is 1.41. The van der Waals surface area contributed by atoms with Crippen LogP contribution >= 0.6 is 15.9 Å². The summed E-state index contributed by atoms with van der Waals surface area (Å²) >= 11 is 3.10. The highest BCUT2D eigenvalue weighted by molar-refractivity contribution is 9.10. The Hall–Kier alpha value is -1.63. The van der Waals surface area contributed by atoms with Crippen LogP contribution in [0, 0.1) is 0 Å². The summed E-state index contributed by atoms with van der Waals surface area (Å²) in [5.41, 5.74) is -0.281. The van der Waals surface area contributed by atoms with Crippen LogP contribution in [0.1, 0.15) is 6.92 Å². The number of nitrogens with zero attached hydrogens (tertiary/aromatic N) is 1. The summed E-state index contributed by atoms with van der Waals surface area (Å²) in [5, 5.41) is 2.44. The number of hydrogen-bond acceptors (Lipinski definition) is 4. The Balaban J connectivity index is 2.96. The first-order valence-electron chi connectivity index (χ1n) is 5.15. The zero-order chi connectivity index (χ0) is 13.7. The summed E-state index contributed by atoms with van der Waals surface area (Å²) in [6.45, 7) is 1.31. The number of halogens is 1. The molecule has 0 aromatic carbocycles. The molecule has 18 heavy (non-hydrogen) atoms. The Labute approximate surface area is 112 Å². The van der Waals surface area contributed by atoms with E-state index in [1.165, 1.54) is 24.8 Å². The smallest absolute Gasteiger partial charge is 0.330 e. The van der Waals surface area contributed by atoms with Crippen molar-refractivity contribution in [1.29, 1.82) is 0 Å². The van der Waals surface area contributed by atoms with E-state index in [0.29, 0.717) is 4.47 Å². The third kappa shape index (κ3) is 3.69. The number of hydrogen-bond donors (Lipinski definition) is 1. The van der Waals surface area contributed by atoms with Crippen molar-refractivity contribution < 1.29 is 14.3 Å². The molecule has 0 aliphatic rings. The maximum absolute atomic E-state index is 11.8. The van der Waals surface area contributed by atoms with Gasteiger partial charge in [0.1, 0.15) is 6.04 Å². The van der Waals surface area contributed by atoms with Crippen molar-refractivity contribution in [2.24, 2.45) is 0 Å². The van der Waals surface area contributed by atoms with E-state index in [4.69, 9.17) is 0 Å². The SMILES string of the molecule is COC(=O)C(Cn1cccc(Br)c1=O)NC(C)=O. The molecule has 98 valence electrons. The maximum Gasteiger partial charge on any atom is 0.330 e. The molecule has 0 aliphatic heterocycles. The van der Waals surface area contributed by atoms with E-state index in [0.717, 1.165) is 0 Å². The fraction of sp³-hybridized carbons (Fsp3) is 0.364. The summed E-state index contributed by atoms with van der Waals surface area (Å²) in [6.07, 6.45) is 1.53. The van der Waals surface area contributed by atoms with Gasteiger partial charge in [-0.1, -0.05) is 0 Å². The molecule has 0 saturated carbocycles. The van der Waals surface area contributed by atoms with Gasteiger partial charge in [0.25, 0.3) is 5.56 Å². The fourth-order valence-corrected chi connectivity index (χ4v) is 1.80. The lowest BCUT2D eigenvalue weighted by molar-refractivity contribution is -0.145. The van der Waals surface area contributed by atoms with Gasteiger partial charge in [0.15, 0.2) is 0 Å². The van der Waals surface area contributed by atoms with Crippen molar-refractivity contribution in [3.05, 3.63) is 33.2 Å². The Morgan fingerprint density at radius 3 is 2.78 bits per heavy atom. The van der Waals surface area contributed by atoms with Crippen molar-refractivity contribution >= 4 is 27.8 Å². The molecule has 7 heteroatoms. The van der Waals surface area contributed by atoms with Crippen LogP contribution in [0.3, 0.4) is 0 Å². The molecule has 1 N–H and O–H groups in total. The minimum Gasteiger partial charge on any atom is -0.467 e. The topological polar surface area (TPSA) is 77.4 Å². The van der Waals surface area contributed by atoms with Crippen LogP contribution in [-0.4, -0.2) is 29.6 Å². The number of carbonyl (C=O) groups is 2. The summed E-state index contributed by atoms with van der Waals surface area (Å²) in [5.74, 6) is -0.967. The number of esters is 1. The second-order valence-corrected chi connectivity index (χ2v) is 4.44. The predicted octanol–water partition coefficient (Wildman–Crippen LogP) is 0.288. The first-order chi connectivity index (χ1) is 8.45. The number of rotatable bonds is 4. The van der Waals surface area contributed by atoms with Gasteiger partial charge in [-0.25, -0.2) is 4.79 Å². The highest BCUT2D eigenvalue weighted by atomic mass is 79.9. The third-order valence-electron chi connectivity index (χ3n) is 2.22. The molecule has 1 amide bonds. The lowest BCUT2D eigenvalue weighted by atomic mass is 10.3. The Morgan fingerprint density at radius 1 is 1.56 bits per heavy atom. The maximum atomic E-state index is 11.8. The lowest BCUT2D eigenvalue weighted by Gasteiger charge is -2.16. The molecule has 0 aliphatic carbocycles. The molecule has 0 saturated heterocycles. The van der Waals surface area contributed by atoms with Gasteiger partial charge >= 0.3 is 5.97 Å². The largest absolute Gasteiger partial charge is 0.467 e. The van der Waals surface area contributed by atoms with Gasteiger partial charge in [0.2, 0.25) is 5.91 Å². The van der Waals surface area contributed by atoms with Gasteiger partial charge in [0, 0.05) is 13.1 Å². The molecule has 1 atom stereocenters. The Kier molecular flexibility index (Phi) is 5.08. The monoisotopic (exact) mass is 316 g/mol. The van der Waals surface area contributed by atoms with Crippen molar-refractivity contribution in [2.75, 3.05) is 7.11 Å². The zero-order valence-electron chi connectivity index (χ0n) is 9.97. The zero-order valence-corrected chi connectivity index (χ0v) is 11.6.